The lowest BCUT2D eigenvalue weighted by molar-refractivity contribution is 0.887. The summed E-state index contributed by atoms with van der Waals surface area (Å²) in [6.45, 7) is 2.02. The summed E-state index contributed by atoms with van der Waals surface area (Å²) in [7, 11) is 0. The molecule has 0 aliphatic heterocycles. The average molecular weight is 288 g/mol. The molecular formula is C18H16N4. The summed E-state index contributed by atoms with van der Waals surface area (Å²) < 4.78 is 1.68. The Morgan fingerprint density at radius 3 is 2.41 bits per heavy atom. The summed E-state index contributed by atoms with van der Waals surface area (Å²) >= 11 is 0. The van der Waals surface area contributed by atoms with Crippen molar-refractivity contribution in [2.75, 3.05) is 0 Å². The maximum absolute atomic E-state index is 4.44. The Labute approximate surface area is 129 Å². The minimum absolute atomic E-state index is 0.726. The molecule has 1 aromatic heterocycles. The quantitative estimate of drug-likeness (QED) is 0.684. The third-order valence-electron chi connectivity index (χ3n) is 3.14. The zero-order valence-electron chi connectivity index (χ0n) is 12.3. The van der Waals surface area contributed by atoms with E-state index in [9.17, 15) is 0 Å². The van der Waals surface area contributed by atoms with Crippen LogP contribution in [0.15, 0.2) is 77.7 Å². The molecule has 2 aromatic carbocycles. The molecule has 0 atom stereocenters. The number of benzene rings is 2. The highest BCUT2D eigenvalue weighted by Gasteiger charge is 2.04. The van der Waals surface area contributed by atoms with Crippen molar-refractivity contribution in [3.05, 3.63) is 78.1 Å². The molecule has 1 heterocycles. The Balaban J connectivity index is 1.82. The van der Waals surface area contributed by atoms with Gasteiger partial charge >= 0.3 is 0 Å². The predicted molar refractivity (Wildman–Crippen MR) is 89.4 cm³/mol. The molecule has 3 rings (SSSR count). The highest BCUT2D eigenvalue weighted by Crippen LogP contribution is 2.15. The fourth-order valence-electron chi connectivity index (χ4n) is 2.09. The van der Waals surface area contributed by atoms with Crippen LogP contribution in [0.25, 0.3) is 17.5 Å². The molecule has 22 heavy (non-hydrogen) atoms. The normalized spacial score (nSPS) is 12.0. The Hall–Kier alpha value is -3.01. The molecule has 0 saturated carbocycles. The predicted octanol–water partition coefficient (Wildman–Crippen LogP) is 3.88. The summed E-state index contributed by atoms with van der Waals surface area (Å²) in [5, 5.41) is 12.5. The molecule has 0 unspecified atom stereocenters. The number of nitrogens with zero attached hydrogens (tertiary/aromatic N) is 4. The van der Waals surface area contributed by atoms with Crippen molar-refractivity contribution >= 4 is 12.3 Å². The van der Waals surface area contributed by atoms with Gasteiger partial charge < -0.3 is 0 Å². The van der Waals surface area contributed by atoms with Crippen LogP contribution in [0.3, 0.4) is 0 Å². The lowest BCUT2D eigenvalue weighted by Gasteiger charge is -2.00. The SMILES string of the molecule is CC(/C=N\n1cnnc1-c1ccccc1)=C\c1ccccc1. The van der Waals surface area contributed by atoms with Gasteiger partial charge in [-0.3, -0.25) is 0 Å². The summed E-state index contributed by atoms with van der Waals surface area (Å²) in [6.07, 6.45) is 5.49. The van der Waals surface area contributed by atoms with E-state index < -0.39 is 0 Å². The van der Waals surface area contributed by atoms with Crippen LogP contribution in [0, 0.1) is 0 Å². The molecule has 0 N–H and O–H groups in total. The van der Waals surface area contributed by atoms with Crippen molar-refractivity contribution in [1.29, 1.82) is 0 Å². The van der Waals surface area contributed by atoms with Crippen LogP contribution in [0.4, 0.5) is 0 Å². The van der Waals surface area contributed by atoms with Crippen molar-refractivity contribution in [1.82, 2.24) is 14.9 Å². The summed E-state index contributed by atoms with van der Waals surface area (Å²) in [5.74, 6) is 0.726. The average Bonchev–Trinajstić information content (AvgIpc) is 3.03. The van der Waals surface area contributed by atoms with E-state index in [1.54, 1.807) is 11.0 Å². The molecule has 0 aliphatic rings. The number of aromatic nitrogens is 3. The molecule has 4 nitrogen and oxygen atoms in total. The van der Waals surface area contributed by atoms with Gasteiger partial charge in [-0.1, -0.05) is 66.7 Å². The first kappa shape index (κ1) is 13.9. The number of allylic oxidation sites excluding steroid dienone is 1. The van der Waals surface area contributed by atoms with Gasteiger partial charge in [0.15, 0.2) is 5.82 Å². The Morgan fingerprint density at radius 1 is 1.00 bits per heavy atom. The largest absolute Gasteiger partial charge is 0.200 e. The zero-order chi connectivity index (χ0) is 15.2. The van der Waals surface area contributed by atoms with Crippen molar-refractivity contribution in [2.24, 2.45) is 5.10 Å². The fraction of sp³-hybridized carbons (Fsp3) is 0.0556. The molecule has 4 heteroatoms. The third kappa shape index (κ3) is 3.35. The maximum Gasteiger partial charge on any atom is 0.184 e. The topological polar surface area (TPSA) is 43.1 Å². The molecule has 108 valence electrons. The lowest BCUT2D eigenvalue weighted by Crippen LogP contribution is -1.93. The standard InChI is InChI=1S/C18H16N4/c1-15(12-16-8-4-2-5-9-16)13-20-22-14-19-21-18(22)17-10-6-3-7-11-17/h2-14H,1H3/b15-12+,20-13-. The first-order chi connectivity index (χ1) is 10.8. The van der Waals surface area contributed by atoms with Crippen LogP contribution < -0.4 is 0 Å². The molecule has 0 spiro atoms. The summed E-state index contributed by atoms with van der Waals surface area (Å²) in [5.41, 5.74) is 3.19. The second-order valence-electron chi connectivity index (χ2n) is 4.91. The Kier molecular flexibility index (Phi) is 4.20. The second-order valence-corrected chi connectivity index (χ2v) is 4.91. The molecule has 0 amide bonds. The molecule has 0 saturated heterocycles. The van der Waals surface area contributed by atoms with E-state index in [0.717, 1.165) is 22.5 Å². The summed E-state index contributed by atoms with van der Waals surface area (Å²) in [4.78, 5) is 0. The van der Waals surface area contributed by atoms with E-state index in [0.29, 0.717) is 0 Å². The van der Waals surface area contributed by atoms with Gasteiger partial charge in [-0.15, -0.1) is 10.2 Å². The third-order valence-corrected chi connectivity index (χ3v) is 3.14. The highest BCUT2D eigenvalue weighted by molar-refractivity contribution is 5.84. The van der Waals surface area contributed by atoms with Gasteiger partial charge in [0.25, 0.3) is 0 Å². The van der Waals surface area contributed by atoms with E-state index in [2.05, 4.69) is 33.5 Å². The van der Waals surface area contributed by atoms with E-state index in [-0.39, 0.29) is 0 Å². The number of hydrogen-bond acceptors (Lipinski definition) is 3. The van der Waals surface area contributed by atoms with Crippen molar-refractivity contribution in [2.45, 2.75) is 6.92 Å². The van der Waals surface area contributed by atoms with Crippen molar-refractivity contribution in [3.63, 3.8) is 0 Å². The maximum atomic E-state index is 4.44. The van der Waals surface area contributed by atoms with E-state index in [1.807, 2.05) is 61.7 Å². The Bertz CT molecular complexity index is 786. The monoisotopic (exact) mass is 288 g/mol. The van der Waals surface area contributed by atoms with E-state index in [4.69, 9.17) is 0 Å². The van der Waals surface area contributed by atoms with Crippen LogP contribution in [0.1, 0.15) is 12.5 Å². The van der Waals surface area contributed by atoms with Crippen LogP contribution in [0.2, 0.25) is 0 Å². The smallest absolute Gasteiger partial charge is 0.184 e. The van der Waals surface area contributed by atoms with E-state index in [1.165, 1.54) is 0 Å². The van der Waals surface area contributed by atoms with Crippen LogP contribution in [0.5, 0.6) is 0 Å². The van der Waals surface area contributed by atoms with Gasteiger partial charge in [0.05, 0.1) is 6.21 Å². The Morgan fingerprint density at radius 2 is 1.68 bits per heavy atom. The molecule has 0 fully saturated rings. The van der Waals surface area contributed by atoms with Crippen LogP contribution in [-0.4, -0.2) is 21.1 Å². The molecule has 0 radical (unpaired) electrons. The van der Waals surface area contributed by atoms with Crippen LogP contribution in [-0.2, 0) is 0 Å². The molecule has 0 aliphatic carbocycles. The van der Waals surface area contributed by atoms with Crippen molar-refractivity contribution < 1.29 is 0 Å². The first-order valence-corrected chi connectivity index (χ1v) is 7.06. The van der Waals surface area contributed by atoms with Gasteiger partial charge in [0.2, 0.25) is 0 Å². The van der Waals surface area contributed by atoms with Crippen molar-refractivity contribution in [3.8, 4) is 11.4 Å². The number of hydrogen-bond donors (Lipinski definition) is 0. The van der Waals surface area contributed by atoms with Crippen LogP contribution >= 0.6 is 0 Å². The number of rotatable bonds is 4. The van der Waals surface area contributed by atoms with Gasteiger partial charge in [-0.05, 0) is 18.1 Å². The second kappa shape index (κ2) is 6.63. The minimum Gasteiger partial charge on any atom is -0.200 e. The molecule has 0 bridgehead atoms. The molecule has 3 aromatic rings. The van der Waals surface area contributed by atoms with E-state index >= 15 is 0 Å². The summed E-state index contributed by atoms with van der Waals surface area (Å²) in [6, 6.07) is 20.1. The van der Waals surface area contributed by atoms with Gasteiger partial charge in [0, 0.05) is 5.56 Å². The van der Waals surface area contributed by atoms with Gasteiger partial charge in [0.1, 0.15) is 6.33 Å². The van der Waals surface area contributed by atoms with Gasteiger partial charge in [-0.2, -0.15) is 9.78 Å². The first-order valence-electron chi connectivity index (χ1n) is 7.06. The zero-order valence-corrected chi connectivity index (χ0v) is 12.3. The highest BCUT2D eigenvalue weighted by atomic mass is 15.4. The lowest BCUT2D eigenvalue weighted by atomic mass is 10.1. The van der Waals surface area contributed by atoms with Gasteiger partial charge in [-0.25, -0.2) is 0 Å². The molecular weight excluding hydrogens is 272 g/mol. The minimum atomic E-state index is 0.726. The fourth-order valence-corrected chi connectivity index (χ4v) is 2.09.